The maximum atomic E-state index is 5.70. The van der Waals surface area contributed by atoms with Crippen LogP contribution >= 0.6 is 22.6 Å². The van der Waals surface area contributed by atoms with Gasteiger partial charge in [0.15, 0.2) is 0 Å². The van der Waals surface area contributed by atoms with Crippen molar-refractivity contribution in [1.82, 2.24) is 0 Å². The van der Waals surface area contributed by atoms with Crippen LogP contribution in [0.25, 0.3) is 10.8 Å². The van der Waals surface area contributed by atoms with Gasteiger partial charge in [-0.3, -0.25) is 0 Å². The van der Waals surface area contributed by atoms with Crippen LogP contribution < -0.4 is 4.74 Å². The van der Waals surface area contributed by atoms with Crippen LogP contribution in [0.5, 0.6) is 5.75 Å². The SMILES string of the molecule is CC(C)COc1ccc2cc(I)ccc2c1. The van der Waals surface area contributed by atoms with Crippen molar-refractivity contribution < 1.29 is 4.74 Å². The van der Waals surface area contributed by atoms with Crippen molar-refractivity contribution in [2.75, 3.05) is 6.61 Å². The largest absolute Gasteiger partial charge is 0.493 e. The molecule has 0 aliphatic carbocycles. The van der Waals surface area contributed by atoms with Crippen LogP contribution in [0.3, 0.4) is 0 Å². The van der Waals surface area contributed by atoms with Crippen LogP contribution in [0.1, 0.15) is 13.8 Å². The third-order valence-corrected chi connectivity index (χ3v) is 3.03. The Bertz CT molecular complexity index is 491. The molecule has 0 aliphatic heterocycles. The standard InChI is InChI=1S/C14H15IO/c1-10(2)9-16-14-6-4-11-7-13(15)5-3-12(11)8-14/h3-8,10H,9H2,1-2H3. The van der Waals surface area contributed by atoms with E-state index in [2.05, 4.69) is 66.8 Å². The molecule has 0 aliphatic rings. The molecule has 2 aromatic carbocycles. The van der Waals surface area contributed by atoms with Gasteiger partial charge in [-0.25, -0.2) is 0 Å². The molecule has 1 nitrogen and oxygen atoms in total. The molecule has 0 aromatic heterocycles. The maximum absolute atomic E-state index is 5.70. The van der Waals surface area contributed by atoms with Crippen molar-refractivity contribution in [1.29, 1.82) is 0 Å². The third kappa shape index (κ3) is 2.88. The predicted octanol–water partition coefficient (Wildman–Crippen LogP) is 4.48. The molecule has 0 fully saturated rings. The van der Waals surface area contributed by atoms with Crippen molar-refractivity contribution in [3.05, 3.63) is 40.0 Å². The van der Waals surface area contributed by atoms with E-state index in [0.29, 0.717) is 5.92 Å². The van der Waals surface area contributed by atoms with Gasteiger partial charge in [-0.2, -0.15) is 0 Å². The maximum Gasteiger partial charge on any atom is 0.119 e. The molecule has 16 heavy (non-hydrogen) atoms. The van der Waals surface area contributed by atoms with Crippen molar-refractivity contribution >= 4 is 33.4 Å². The lowest BCUT2D eigenvalue weighted by molar-refractivity contribution is 0.271. The lowest BCUT2D eigenvalue weighted by Gasteiger charge is -2.09. The Balaban J connectivity index is 2.26. The predicted molar refractivity (Wildman–Crippen MR) is 77.0 cm³/mol. The molecule has 2 heteroatoms. The molecule has 0 unspecified atom stereocenters. The lowest BCUT2D eigenvalue weighted by Crippen LogP contribution is -2.04. The summed E-state index contributed by atoms with van der Waals surface area (Å²) in [6.07, 6.45) is 0. The van der Waals surface area contributed by atoms with Crippen molar-refractivity contribution in [3.63, 3.8) is 0 Å². The molecule has 0 saturated heterocycles. The summed E-state index contributed by atoms with van der Waals surface area (Å²) in [6, 6.07) is 12.7. The van der Waals surface area contributed by atoms with E-state index in [1.54, 1.807) is 0 Å². The first-order valence-electron chi connectivity index (χ1n) is 5.47. The zero-order valence-electron chi connectivity index (χ0n) is 9.53. The van der Waals surface area contributed by atoms with E-state index in [1.165, 1.54) is 14.3 Å². The van der Waals surface area contributed by atoms with Crippen molar-refractivity contribution in [2.45, 2.75) is 13.8 Å². The summed E-state index contributed by atoms with van der Waals surface area (Å²) < 4.78 is 6.97. The van der Waals surface area contributed by atoms with Crippen LogP contribution in [-0.2, 0) is 0 Å². The Morgan fingerprint density at radius 1 is 1.06 bits per heavy atom. The molecule has 0 radical (unpaired) electrons. The van der Waals surface area contributed by atoms with Crippen LogP contribution in [0.4, 0.5) is 0 Å². The summed E-state index contributed by atoms with van der Waals surface area (Å²) >= 11 is 2.33. The number of hydrogen-bond donors (Lipinski definition) is 0. The second kappa shape index (κ2) is 5.04. The molecule has 0 heterocycles. The zero-order valence-corrected chi connectivity index (χ0v) is 11.7. The monoisotopic (exact) mass is 326 g/mol. The molecule has 0 bridgehead atoms. The van der Waals surface area contributed by atoms with Crippen LogP contribution in [0.15, 0.2) is 36.4 Å². The van der Waals surface area contributed by atoms with Gasteiger partial charge < -0.3 is 4.74 Å². The average molecular weight is 326 g/mol. The number of ether oxygens (including phenoxy) is 1. The summed E-state index contributed by atoms with van der Waals surface area (Å²) in [6.45, 7) is 5.09. The highest BCUT2D eigenvalue weighted by Gasteiger charge is 1.99. The van der Waals surface area contributed by atoms with Crippen LogP contribution in [-0.4, -0.2) is 6.61 Å². The minimum atomic E-state index is 0.562. The first-order valence-corrected chi connectivity index (χ1v) is 6.55. The highest BCUT2D eigenvalue weighted by atomic mass is 127. The smallest absolute Gasteiger partial charge is 0.119 e. The Kier molecular flexibility index (Phi) is 3.69. The number of fused-ring (bicyclic) bond motifs is 1. The zero-order chi connectivity index (χ0) is 11.5. The van der Waals surface area contributed by atoms with Gasteiger partial charge in [0.05, 0.1) is 6.61 Å². The second-order valence-electron chi connectivity index (χ2n) is 4.36. The molecule has 0 spiro atoms. The van der Waals surface area contributed by atoms with Gasteiger partial charge in [-0.1, -0.05) is 26.0 Å². The normalized spacial score (nSPS) is 11.0. The third-order valence-electron chi connectivity index (χ3n) is 2.36. The highest BCUT2D eigenvalue weighted by molar-refractivity contribution is 14.1. The summed E-state index contributed by atoms with van der Waals surface area (Å²) in [4.78, 5) is 0. The van der Waals surface area contributed by atoms with Crippen molar-refractivity contribution in [2.24, 2.45) is 5.92 Å². The molecule has 0 saturated carbocycles. The van der Waals surface area contributed by atoms with Gasteiger partial charge in [0, 0.05) is 3.57 Å². The van der Waals surface area contributed by atoms with E-state index in [1.807, 2.05) is 6.07 Å². The minimum Gasteiger partial charge on any atom is -0.493 e. The molecule has 2 rings (SSSR count). The number of hydrogen-bond acceptors (Lipinski definition) is 1. The van der Waals surface area contributed by atoms with E-state index < -0.39 is 0 Å². The van der Waals surface area contributed by atoms with E-state index in [-0.39, 0.29) is 0 Å². The van der Waals surface area contributed by atoms with Gasteiger partial charge in [-0.05, 0) is 63.5 Å². The molecule has 0 N–H and O–H groups in total. The fourth-order valence-electron chi connectivity index (χ4n) is 1.55. The first-order chi connectivity index (χ1) is 7.65. The molecule has 84 valence electrons. The minimum absolute atomic E-state index is 0.562. The van der Waals surface area contributed by atoms with Gasteiger partial charge in [0.25, 0.3) is 0 Å². The Morgan fingerprint density at radius 3 is 2.50 bits per heavy atom. The number of halogens is 1. The van der Waals surface area contributed by atoms with Crippen LogP contribution in [0.2, 0.25) is 0 Å². The summed E-state index contributed by atoms with van der Waals surface area (Å²) in [5, 5.41) is 2.51. The van der Waals surface area contributed by atoms with Gasteiger partial charge in [-0.15, -0.1) is 0 Å². The van der Waals surface area contributed by atoms with E-state index in [4.69, 9.17) is 4.74 Å². The average Bonchev–Trinajstić information content (AvgIpc) is 2.26. The number of rotatable bonds is 3. The topological polar surface area (TPSA) is 9.23 Å². The molecule has 0 amide bonds. The highest BCUT2D eigenvalue weighted by Crippen LogP contribution is 2.23. The molecule has 2 aromatic rings. The second-order valence-corrected chi connectivity index (χ2v) is 5.60. The van der Waals surface area contributed by atoms with Crippen molar-refractivity contribution in [3.8, 4) is 5.75 Å². The molecular weight excluding hydrogens is 311 g/mol. The number of benzene rings is 2. The Labute approximate surface area is 110 Å². The summed E-state index contributed by atoms with van der Waals surface area (Å²) in [7, 11) is 0. The van der Waals surface area contributed by atoms with Gasteiger partial charge in [0.1, 0.15) is 5.75 Å². The molecule has 0 atom stereocenters. The fourth-order valence-corrected chi connectivity index (χ4v) is 2.06. The van der Waals surface area contributed by atoms with E-state index >= 15 is 0 Å². The molecular formula is C14H15IO. The first kappa shape index (κ1) is 11.7. The van der Waals surface area contributed by atoms with Gasteiger partial charge in [0.2, 0.25) is 0 Å². The van der Waals surface area contributed by atoms with E-state index in [0.717, 1.165) is 12.4 Å². The fraction of sp³-hybridized carbons (Fsp3) is 0.286. The van der Waals surface area contributed by atoms with E-state index in [9.17, 15) is 0 Å². The summed E-state index contributed by atoms with van der Waals surface area (Å²) in [5.41, 5.74) is 0. The Hall–Kier alpha value is -0.770. The Morgan fingerprint density at radius 2 is 1.75 bits per heavy atom. The van der Waals surface area contributed by atoms with Gasteiger partial charge >= 0.3 is 0 Å². The quantitative estimate of drug-likeness (QED) is 0.756. The van der Waals surface area contributed by atoms with Crippen LogP contribution in [0, 0.1) is 9.49 Å². The summed E-state index contributed by atoms with van der Waals surface area (Å²) in [5.74, 6) is 1.52. The lowest BCUT2D eigenvalue weighted by atomic mass is 10.1.